The van der Waals surface area contributed by atoms with Crippen molar-refractivity contribution in [2.45, 2.75) is 51.6 Å². The molecule has 0 aliphatic heterocycles. The van der Waals surface area contributed by atoms with Gasteiger partial charge < -0.3 is 5.32 Å². The molecule has 0 saturated heterocycles. The lowest BCUT2D eigenvalue weighted by Crippen LogP contribution is -2.44. The van der Waals surface area contributed by atoms with E-state index in [1.165, 1.54) is 24.8 Å². The Morgan fingerprint density at radius 1 is 1.44 bits per heavy atom. The van der Waals surface area contributed by atoms with E-state index in [1.807, 2.05) is 17.9 Å². The second-order valence-electron chi connectivity index (χ2n) is 5.69. The molecule has 1 aromatic heterocycles. The minimum atomic E-state index is 0.0253. The zero-order valence-electron chi connectivity index (χ0n) is 10.8. The summed E-state index contributed by atoms with van der Waals surface area (Å²) in [5.41, 5.74) is 1.30. The van der Waals surface area contributed by atoms with Gasteiger partial charge in [0.25, 0.3) is 0 Å². The molecule has 2 unspecified atom stereocenters. The molecule has 0 radical (unpaired) electrons. The molecule has 90 valence electrons. The summed E-state index contributed by atoms with van der Waals surface area (Å²) in [6.07, 6.45) is 8.10. The predicted octanol–water partition coefficient (Wildman–Crippen LogP) is 2.43. The van der Waals surface area contributed by atoms with Gasteiger partial charge in [-0.2, -0.15) is 5.10 Å². The van der Waals surface area contributed by atoms with Gasteiger partial charge >= 0.3 is 0 Å². The molecule has 1 saturated carbocycles. The van der Waals surface area contributed by atoms with Crippen molar-refractivity contribution in [2.24, 2.45) is 13.0 Å². The van der Waals surface area contributed by atoms with Crippen molar-refractivity contribution >= 4 is 0 Å². The minimum absolute atomic E-state index is 0.0253. The number of rotatable bonds is 3. The Balaban J connectivity index is 2.07. The normalized spacial score (nSPS) is 26.2. The van der Waals surface area contributed by atoms with Gasteiger partial charge in [-0.05, 0) is 32.6 Å². The lowest BCUT2D eigenvalue weighted by atomic mass is 9.94. The van der Waals surface area contributed by atoms with E-state index in [2.05, 4.69) is 37.4 Å². The van der Waals surface area contributed by atoms with Gasteiger partial charge in [-0.3, -0.25) is 4.68 Å². The van der Waals surface area contributed by atoms with Crippen molar-refractivity contribution in [3.05, 3.63) is 18.0 Å². The number of nitrogens with one attached hydrogen (secondary N) is 1. The van der Waals surface area contributed by atoms with Gasteiger partial charge in [-0.25, -0.2) is 0 Å². The van der Waals surface area contributed by atoms with Crippen LogP contribution in [0, 0.1) is 5.92 Å². The van der Waals surface area contributed by atoms with Gasteiger partial charge in [0.1, 0.15) is 0 Å². The monoisotopic (exact) mass is 221 g/mol. The summed E-state index contributed by atoms with van der Waals surface area (Å²) >= 11 is 0. The van der Waals surface area contributed by atoms with Gasteiger partial charge in [0.15, 0.2) is 0 Å². The van der Waals surface area contributed by atoms with E-state index >= 15 is 0 Å². The maximum Gasteiger partial charge on any atom is 0.0540 e. The summed E-state index contributed by atoms with van der Waals surface area (Å²) < 4.78 is 1.87. The predicted molar refractivity (Wildman–Crippen MR) is 66.2 cm³/mol. The summed E-state index contributed by atoms with van der Waals surface area (Å²) in [6, 6.07) is 0.662. The van der Waals surface area contributed by atoms with Crippen molar-refractivity contribution in [3.63, 3.8) is 0 Å². The van der Waals surface area contributed by atoms with Gasteiger partial charge in [0, 0.05) is 30.4 Å². The van der Waals surface area contributed by atoms with Gasteiger partial charge in [0.05, 0.1) is 6.20 Å². The molecule has 0 aromatic carbocycles. The third-order valence-corrected chi connectivity index (χ3v) is 3.83. The summed E-state index contributed by atoms with van der Waals surface area (Å²) in [5.74, 6) is 0.802. The van der Waals surface area contributed by atoms with Gasteiger partial charge in [-0.15, -0.1) is 0 Å². The molecule has 1 fully saturated rings. The first-order valence-corrected chi connectivity index (χ1v) is 6.26. The van der Waals surface area contributed by atoms with Crippen molar-refractivity contribution in [3.8, 4) is 0 Å². The lowest BCUT2D eigenvalue weighted by Gasteiger charge is -2.31. The van der Waals surface area contributed by atoms with Crippen LogP contribution in [0.5, 0.6) is 0 Å². The molecule has 3 heteroatoms. The Labute approximate surface area is 98.2 Å². The highest BCUT2D eigenvalue weighted by molar-refractivity contribution is 5.16. The summed E-state index contributed by atoms with van der Waals surface area (Å²) in [6.45, 7) is 6.84. The van der Waals surface area contributed by atoms with Crippen LogP contribution in [0.4, 0.5) is 0 Å². The number of aromatic nitrogens is 2. The van der Waals surface area contributed by atoms with E-state index in [0.717, 1.165) is 5.92 Å². The Morgan fingerprint density at radius 2 is 2.19 bits per heavy atom. The van der Waals surface area contributed by atoms with Crippen molar-refractivity contribution in [2.75, 3.05) is 0 Å². The largest absolute Gasteiger partial charge is 0.305 e. The molecule has 16 heavy (non-hydrogen) atoms. The van der Waals surface area contributed by atoms with Crippen LogP contribution in [0.25, 0.3) is 0 Å². The van der Waals surface area contributed by atoms with Crippen LogP contribution in [-0.4, -0.2) is 15.8 Å². The molecular weight excluding hydrogens is 198 g/mol. The maximum absolute atomic E-state index is 4.25. The lowest BCUT2D eigenvalue weighted by molar-refractivity contribution is 0.303. The molecule has 0 spiro atoms. The number of hydrogen-bond donors (Lipinski definition) is 1. The average Bonchev–Trinajstić information content (AvgIpc) is 2.77. The molecule has 1 aliphatic carbocycles. The number of nitrogens with zero attached hydrogens (tertiary/aromatic N) is 2. The van der Waals surface area contributed by atoms with E-state index in [4.69, 9.17) is 0 Å². The van der Waals surface area contributed by atoms with Crippen LogP contribution >= 0.6 is 0 Å². The maximum atomic E-state index is 4.25. The molecule has 1 N–H and O–H groups in total. The van der Waals surface area contributed by atoms with Crippen LogP contribution in [0.15, 0.2) is 12.4 Å². The first-order chi connectivity index (χ1) is 7.49. The van der Waals surface area contributed by atoms with E-state index in [9.17, 15) is 0 Å². The number of aryl methyl sites for hydroxylation is 1. The van der Waals surface area contributed by atoms with Crippen LogP contribution in [-0.2, 0) is 12.6 Å². The highest BCUT2D eigenvalue weighted by Gasteiger charge is 2.30. The second kappa shape index (κ2) is 4.21. The van der Waals surface area contributed by atoms with E-state index in [1.54, 1.807) is 0 Å². The van der Waals surface area contributed by atoms with Crippen molar-refractivity contribution in [1.82, 2.24) is 15.1 Å². The zero-order chi connectivity index (χ0) is 11.8. The van der Waals surface area contributed by atoms with Crippen molar-refractivity contribution in [1.29, 1.82) is 0 Å². The van der Waals surface area contributed by atoms with E-state index in [0.29, 0.717) is 6.04 Å². The number of hydrogen-bond acceptors (Lipinski definition) is 2. The Kier molecular flexibility index (Phi) is 3.06. The molecular formula is C13H23N3. The Bertz CT molecular complexity index is 354. The molecule has 3 nitrogen and oxygen atoms in total. The minimum Gasteiger partial charge on any atom is -0.305 e. The van der Waals surface area contributed by atoms with E-state index < -0.39 is 0 Å². The molecule has 1 aromatic rings. The van der Waals surface area contributed by atoms with Crippen LogP contribution < -0.4 is 5.32 Å². The van der Waals surface area contributed by atoms with E-state index in [-0.39, 0.29) is 5.54 Å². The molecule has 0 bridgehead atoms. The fraction of sp³-hybridized carbons (Fsp3) is 0.769. The SMILES string of the molecule is CC1CCCC1NC(C)(C)c1cnn(C)c1. The Hall–Kier alpha value is -0.830. The zero-order valence-corrected chi connectivity index (χ0v) is 10.8. The second-order valence-corrected chi connectivity index (χ2v) is 5.69. The molecule has 2 rings (SSSR count). The first kappa shape index (κ1) is 11.6. The van der Waals surface area contributed by atoms with Crippen molar-refractivity contribution < 1.29 is 0 Å². The quantitative estimate of drug-likeness (QED) is 0.849. The fourth-order valence-corrected chi connectivity index (χ4v) is 2.65. The average molecular weight is 221 g/mol. The molecule has 1 heterocycles. The molecule has 1 aliphatic rings. The highest BCUT2D eigenvalue weighted by atomic mass is 15.2. The summed E-state index contributed by atoms with van der Waals surface area (Å²) in [7, 11) is 1.97. The topological polar surface area (TPSA) is 29.9 Å². The fourth-order valence-electron chi connectivity index (χ4n) is 2.65. The highest BCUT2D eigenvalue weighted by Crippen LogP contribution is 2.29. The van der Waals surface area contributed by atoms with Crippen LogP contribution in [0.1, 0.15) is 45.6 Å². The van der Waals surface area contributed by atoms with Gasteiger partial charge in [0.2, 0.25) is 0 Å². The third kappa shape index (κ3) is 2.29. The van der Waals surface area contributed by atoms with Crippen LogP contribution in [0.2, 0.25) is 0 Å². The molecule has 2 atom stereocenters. The first-order valence-electron chi connectivity index (χ1n) is 6.26. The summed E-state index contributed by atoms with van der Waals surface area (Å²) in [4.78, 5) is 0. The molecule has 0 amide bonds. The summed E-state index contributed by atoms with van der Waals surface area (Å²) in [5, 5.41) is 8.03. The smallest absolute Gasteiger partial charge is 0.0540 e. The van der Waals surface area contributed by atoms with Gasteiger partial charge in [-0.1, -0.05) is 13.3 Å². The third-order valence-electron chi connectivity index (χ3n) is 3.83. The standard InChI is InChI=1S/C13H23N3/c1-10-6-5-7-12(10)15-13(2,3)11-8-14-16(4)9-11/h8-10,12,15H,5-7H2,1-4H3. The Morgan fingerprint density at radius 3 is 2.69 bits per heavy atom. The van der Waals surface area contributed by atoms with Crippen LogP contribution in [0.3, 0.4) is 0 Å².